The van der Waals surface area contributed by atoms with Crippen molar-refractivity contribution in [1.82, 2.24) is 0 Å². The number of alkyl halides is 1. The number of benzene rings is 1. The van der Waals surface area contributed by atoms with E-state index in [1.165, 1.54) is 18.4 Å². The van der Waals surface area contributed by atoms with Crippen LogP contribution < -0.4 is 0 Å². The third-order valence-corrected chi connectivity index (χ3v) is 6.32. The maximum atomic E-state index is 11.8. The second kappa shape index (κ2) is 5.37. The van der Waals surface area contributed by atoms with Gasteiger partial charge in [0.2, 0.25) is 0 Å². The molecule has 4 nitrogen and oxygen atoms in total. The van der Waals surface area contributed by atoms with Crippen molar-refractivity contribution in [3.05, 3.63) is 29.8 Å². The van der Waals surface area contributed by atoms with E-state index in [1.807, 2.05) is 6.92 Å². The standard InChI is InChI=1S/C10H14ClNO3S2/c1-9-3-5-10(6-4-9)17(14,15)12-16(2,13)8-7-11/h3-6H,7-8H2,1-2H3/t16-/m0/s1. The monoisotopic (exact) mass is 295 g/mol. The molecule has 0 N–H and O–H groups in total. The molecule has 0 saturated heterocycles. The van der Waals surface area contributed by atoms with Crippen molar-refractivity contribution in [2.75, 3.05) is 17.9 Å². The van der Waals surface area contributed by atoms with E-state index in [9.17, 15) is 12.6 Å². The van der Waals surface area contributed by atoms with Gasteiger partial charge in [0.1, 0.15) is 0 Å². The molecule has 96 valence electrons. The van der Waals surface area contributed by atoms with Crippen LogP contribution >= 0.6 is 11.6 Å². The zero-order valence-corrected chi connectivity index (χ0v) is 12.0. The maximum absolute atomic E-state index is 11.8. The van der Waals surface area contributed by atoms with E-state index < -0.39 is 19.8 Å². The largest absolute Gasteiger partial charge is 0.290 e. The van der Waals surface area contributed by atoms with Crippen molar-refractivity contribution in [2.45, 2.75) is 11.8 Å². The third kappa shape index (κ3) is 4.29. The van der Waals surface area contributed by atoms with Crippen LogP contribution in [0, 0.1) is 6.92 Å². The predicted molar refractivity (Wildman–Crippen MR) is 70.4 cm³/mol. The van der Waals surface area contributed by atoms with E-state index in [-0.39, 0.29) is 16.5 Å². The Bertz CT molecular complexity index is 599. The lowest BCUT2D eigenvalue weighted by Gasteiger charge is -2.03. The van der Waals surface area contributed by atoms with Crippen LogP contribution in [0.3, 0.4) is 0 Å². The summed E-state index contributed by atoms with van der Waals surface area (Å²) in [5.74, 6) is 0.169. The SMILES string of the molecule is Cc1ccc(S(=O)(=O)N=[S@@](C)(=O)CCCl)cc1. The predicted octanol–water partition coefficient (Wildman–Crippen LogP) is 2.02. The third-order valence-electron chi connectivity index (χ3n) is 2.03. The van der Waals surface area contributed by atoms with Gasteiger partial charge in [0.15, 0.2) is 0 Å². The summed E-state index contributed by atoms with van der Waals surface area (Å²) in [6.45, 7) is 1.85. The Labute approximate surface area is 107 Å². The smallest absolute Gasteiger partial charge is 0.249 e. The van der Waals surface area contributed by atoms with Crippen molar-refractivity contribution < 1.29 is 12.6 Å². The van der Waals surface area contributed by atoms with Crippen molar-refractivity contribution in [3.63, 3.8) is 0 Å². The molecular weight excluding hydrogens is 282 g/mol. The molecule has 17 heavy (non-hydrogen) atoms. The van der Waals surface area contributed by atoms with E-state index in [0.717, 1.165) is 5.56 Å². The summed E-state index contributed by atoms with van der Waals surface area (Å²) in [6.07, 6.45) is 1.29. The molecule has 0 aliphatic carbocycles. The highest BCUT2D eigenvalue weighted by Crippen LogP contribution is 2.15. The Morgan fingerprint density at radius 1 is 1.18 bits per heavy atom. The quantitative estimate of drug-likeness (QED) is 0.798. The Morgan fingerprint density at radius 3 is 2.18 bits per heavy atom. The van der Waals surface area contributed by atoms with Gasteiger partial charge in [0.05, 0.1) is 14.6 Å². The molecule has 0 radical (unpaired) electrons. The van der Waals surface area contributed by atoms with Crippen LogP contribution in [-0.4, -0.2) is 30.5 Å². The normalized spacial score (nSPS) is 15.2. The minimum atomic E-state index is -3.87. The first-order chi connectivity index (χ1) is 7.77. The van der Waals surface area contributed by atoms with Gasteiger partial charge < -0.3 is 0 Å². The van der Waals surface area contributed by atoms with Gasteiger partial charge in [-0.3, -0.25) is 0 Å². The number of hydrogen-bond donors (Lipinski definition) is 0. The highest BCUT2D eigenvalue weighted by atomic mass is 35.5. The van der Waals surface area contributed by atoms with Gasteiger partial charge in [-0.05, 0) is 19.1 Å². The first kappa shape index (κ1) is 14.5. The number of nitrogens with zero attached hydrogens (tertiary/aromatic N) is 1. The Morgan fingerprint density at radius 2 is 1.71 bits per heavy atom. The summed E-state index contributed by atoms with van der Waals surface area (Å²) in [5.41, 5.74) is 0.946. The van der Waals surface area contributed by atoms with Crippen molar-refractivity contribution in [1.29, 1.82) is 0 Å². The van der Waals surface area contributed by atoms with Crippen LogP contribution in [0.2, 0.25) is 0 Å². The van der Waals surface area contributed by atoms with E-state index in [0.29, 0.717) is 0 Å². The van der Waals surface area contributed by atoms with Crippen LogP contribution in [0.4, 0.5) is 0 Å². The summed E-state index contributed by atoms with van der Waals surface area (Å²) in [6, 6.07) is 6.23. The van der Waals surface area contributed by atoms with E-state index in [2.05, 4.69) is 3.77 Å². The summed E-state index contributed by atoms with van der Waals surface area (Å²) < 4.78 is 38.9. The molecule has 1 aromatic carbocycles. The van der Waals surface area contributed by atoms with Gasteiger partial charge in [0, 0.05) is 17.9 Å². The van der Waals surface area contributed by atoms with Crippen LogP contribution in [-0.2, 0) is 19.8 Å². The lowest BCUT2D eigenvalue weighted by atomic mass is 10.2. The van der Waals surface area contributed by atoms with Crippen LogP contribution in [0.15, 0.2) is 32.9 Å². The van der Waals surface area contributed by atoms with Crippen molar-refractivity contribution >= 4 is 31.4 Å². The Kier molecular flexibility index (Phi) is 4.57. The minimum absolute atomic E-state index is 0.0484. The molecule has 0 saturated carbocycles. The average molecular weight is 296 g/mol. The number of aryl methyl sites for hydroxylation is 1. The highest BCUT2D eigenvalue weighted by molar-refractivity contribution is 8.03. The van der Waals surface area contributed by atoms with E-state index in [1.54, 1.807) is 12.1 Å². The summed E-state index contributed by atoms with van der Waals surface area (Å²) in [7, 11) is -6.66. The average Bonchev–Trinajstić information content (AvgIpc) is 2.16. The number of halogens is 1. The summed E-state index contributed by atoms with van der Waals surface area (Å²) in [5, 5.41) is 0. The molecule has 1 rings (SSSR count). The van der Waals surface area contributed by atoms with Crippen LogP contribution in [0.25, 0.3) is 0 Å². The molecule has 0 bridgehead atoms. The van der Waals surface area contributed by atoms with Crippen molar-refractivity contribution in [3.8, 4) is 0 Å². The molecule has 0 heterocycles. The van der Waals surface area contributed by atoms with Crippen LogP contribution in [0.5, 0.6) is 0 Å². The topological polar surface area (TPSA) is 63.6 Å². The second-order valence-corrected chi connectivity index (χ2v) is 8.44. The molecule has 7 heteroatoms. The molecule has 0 aromatic heterocycles. The molecular formula is C10H14ClNO3S2. The molecule has 0 unspecified atom stereocenters. The molecule has 0 amide bonds. The summed E-state index contributed by atoms with van der Waals surface area (Å²) in [4.78, 5) is 0.0484. The van der Waals surface area contributed by atoms with Gasteiger partial charge in [-0.2, -0.15) is 8.42 Å². The van der Waals surface area contributed by atoms with Gasteiger partial charge >= 0.3 is 0 Å². The fraction of sp³-hybridized carbons (Fsp3) is 0.400. The molecule has 1 aromatic rings. The highest BCUT2D eigenvalue weighted by Gasteiger charge is 2.15. The Balaban J connectivity index is 3.22. The first-order valence-corrected chi connectivity index (χ1v) is 8.92. The zero-order valence-electron chi connectivity index (χ0n) is 9.59. The van der Waals surface area contributed by atoms with Gasteiger partial charge in [-0.25, -0.2) is 4.21 Å². The molecule has 0 spiro atoms. The van der Waals surface area contributed by atoms with Gasteiger partial charge in [-0.1, -0.05) is 17.7 Å². The lowest BCUT2D eigenvalue weighted by molar-refractivity contribution is 0.598. The Hall–Kier alpha value is -0.590. The maximum Gasteiger partial charge on any atom is 0.290 e. The number of sulfonamides is 1. The second-order valence-electron chi connectivity index (χ2n) is 3.72. The fourth-order valence-corrected chi connectivity index (χ4v) is 5.07. The molecule has 1 atom stereocenters. The fourth-order valence-electron chi connectivity index (χ4n) is 1.14. The van der Waals surface area contributed by atoms with Crippen molar-refractivity contribution in [2.24, 2.45) is 3.77 Å². The van der Waals surface area contributed by atoms with Crippen LogP contribution in [0.1, 0.15) is 5.56 Å². The number of hydrogen-bond acceptors (Lipinski definition) is 3. The van der Waals surface area contributed by atoms with Gasteiger partial charge in [-0.15, -0.1) is 15.4 Å². The lowest BCUT2D eigenvalue weighted by Crippen LogP contribution is -2.08. The molecule has 0 fully saturated rings. The zero-order chi connectivity index (χ0) is 13.1. The number of rotatable bonds is 4. The first-order valence-electron chi connectivity index (χ1n) is 4.85. The van der Waals surface area contributed by atoms with E-state index in [4.69, 9.17) is 11.6 Å². The summed E-state index contributed by atoms with van der Waals surface area (Å²) >= 11 is 5.45. The van der Waals surface area contributed by atoms with Gasteiger partial charge in [0.25, 0.3) is 10.0 Å². The molecule has 0 aliphatic heterocycles. The minimum Gasteiger partial charge on any atom is -0.249 e. The van der Waals surface area contributed by atoms with E-state index >= 15 is 0 Å². The molecule has 0 aliphatic rings.